The third-order valence-corrected chi connectivity index (χ3v) is 2.49. The highest BCUT2D eigenvalue weighted by Crippen LogP contribution is 2.29. The molecular formula is C14H9O2. The predicted octanol–water partition coefficient (Wildman–Crippen LogP) is 3.61. The van der Waals surface area contributed by atoms with Crippen LogP contribution < -0.4 is 0 Å². The summed E-state index contributed by atoms with van der Waals surface area (Å²) >= 11 is 0. The van der Waals surface area contributed by atoms with Crippen molar-refractivity contribution in [3.05, 3.63) is 54.6 Å². The molecule has 0 saturated carbocycles. The van der Waals surface area contributed by atoms with Crippen LogP contribution in [0.4, 0.5) is 0 Å². The molecule has 2 heteroatoms. The van der Waals surface area contributed by atoms with E-state index in [1.54, 1.807) is 18.2 Å². The van der Waals surface area contributed by atoms with Crippen molar-refractivity contribution in [1.29, 1.82) is 0 Å². The van der Waals surface area contributed by atoms with E-state index >= 15 is 0 Å². The fraction of sp³-hybridized carbons (Fsp3) is 0. The second-order valence-corrected chi connectivity index (χ2v) is 3.62. The van der Waals surface area contributed by atoms with Crippen molar-refractivity contribution in [1.82, 2.24) is 0 Å². The molecule has 0 spiro atoms. The summed E-state index contributed by atoms with van der Waals surface area (Å²) < 4.78 is 5.68. The van der Waals surface area contributed by atoms with Gasteiger partial charge in [-0.05, 0) is 36.4 Å². The molecule has 0 unspecified atom stereocenters. The fourth-order valence-electron chi connectivity index (χ4n) is 1.73. The molecule has 0 saturated heterocycles. The number of benzene rings is 2. The van der Waals surface area contributed by atoms with Crippen molar-refractivity contribution in [2.24, 2.45) is 0 Å². The Morgan fingerprint density at radius 2 is 2.06 bits per heavy atom. The average Bonchev–Trinajstić information content (AvgIpc) is 2.72. The predicted molar refractivity (Wildman–Crippen MR) is 62.2 cm³/mol. The standard InChI is InChI=1S/C14H9O2/c15-12-6-3-5-10(8-12)14-9-11-4-1-2-7-13(11)16-14/h2-9,15H. The van der Waals surface area contributed by atoms with Gasteiger partial charge in [-0.25, -0.2) is 0 Å². The number of rotatable bonds is 1. The Labute approximate surface area is 92.8 Å². The fourth-order valence-corrected chi connectivity index (χ4v) is 1.73. The van der Waals surface area contributed by atoms with Crippen LogP contribution in [0.1, 0.15) is 0 Å². The van der Waals surface area contributed by atoms with Crippen LogP contribution in [0, 0.1) is 6.07 Å². The first kappa shape index (κ1) is 9.04. The first-order valence-corrected chi connectivity index (χ1v) is 5.02. The summed E-state index contributed by atoms with van der Waals surface area (Å²) in [5, 5.41) is 10.4. The molecule has 3 aromatic rings. The van der Waals surface area contributed by atoms with Gasteiger partial charge in [0.2, 0.25) is 0 Å². The van der Waals surface area contributed by atoms with E-state index in [1.807, 2.05) is 30.3 Å². The third kappa shape index (κ3) is 1.44. The van der Waals surface area contributed by atoms with Crippen molar-refractivity contribution in [2.45, 2.75) is 0 Å². The number of aromatic hydroxyl groups is 1. The Morgan fingerprint density at radius 3 is 2.88 bits per heavy atom. The Morgan fingerprint density at radius 1 is 1.12 bits per heavy atom. The number of hydrogen-bond acceptors (Lipinski definition) is 2. The van der Waals surface area contributed by atoms with Gasteiger partial charge in [0.25, 0.3) is 0 Å². The monoisotopic (exact) mass is 209 g/mol. The zero-order chi connectivity index (χ0) is 11.0. The molecule has 0 aliphatic carbocycles. The summed E-state index contributed by atoms with van der Waals surface area (Å²) in [4.78, 5) is 0. The van der Waals surface area contributed by atoms with Crippen molar-refractivity contribution in [3.8, 4) is 17.1 Å². The van der Waals surface area contributed by atoms with Gasteiger partial charge in [-0.15, -0.1) is 0 Å². The zero-order valence-corrected chi connectivity index (χ0v) is 8.47. The van der Waals surface area contributed by atoms with Crippen LogP contribution >= 0.6 is 0 Å². The molecule has 77 valence electrons. The lowest BCUT2D eigenvalue weighted by atomic mass is 10.1. The molecule has 1 heterocycles. The van der Waals surface area contributed by atoms with Gasteiger partial charge in [-0.3, -0.25) is 0 Å². The smallest absolute Gasteiger partial charge is 0.135 e. The summed E-state index contributed by atoms with van der Waals surface area (Å²) in [6.45, 7) is 0. The highest BCUT2D eigenvalue weighted by molar-refractivity contribution is 5.82. The molecule has 2 aromatic carbocycles. The molecule has 0 aliphatic rings. The molecule has 16 heavy (non-hydrogen) atoms. The molecular weight excluding hydrogens is 200 g/mol. The van der Waals surface area contributed by atoms with Crippen LogP contribution in [0.2, 0.25) is 0 Å². The highest BCUT2D eigenvalue weighted by atomic mass is 16.3. The number of furan rings is 1. The number of phenols is 1. The van der Waals surface area contributed by atoms with Gasteiger partial charge in [0.05, 0.1) is 0 Å². The summed E-state index contributed by atoms with van der Waals surface area (Å²) in [7, 11) is 0. The summed E-state index contributed by atoms with van der Waals surface area (Å²) in [6, 6.07) is 17.5. The quantitative estimate of drug-likeness (QED) is 0.664. The van der Waals surface area contributed by atoms with Gasteiger partial charge in [-0.2, -0.15) is 0 Å². The molecule has 1 N–H and O–H groups in total. The Hall–Kier alpha value is -2.22. The van der Waals surface area contributed by atoms with Gasteiger partial charge >= 0.3 is 0 Å². The van der Waals surface area contributed by atoms with Gasteiger partial charge in [0, 0.05) is 10.9 Å². The van der Waals surface area contributed by atoms with Crippen LogP contribution in [0.3, 0.4) is 0 Å². The normalized spacial score (nSPS) is 10.8. The third-order valence-electron chi connectivity index (χ3n) is 2.49. The molecule has 1 radical (unpaired) electrons. The molecule has 0 fully saturated rings. The van der Waals surface area contributed by atoms with E-state index < -0.39 is 0 Å². The molecule has 0 aliphatic heterocycles. The van der Waals surface area contributed by atoms with Crippen LogP contribution in [-0.4, -0.2) is 5.11 Å². The van der Waals surface area contributed by atoms with Gasteiger partial charge in [0.1, 0.15) is 17.1 Å². The minimum Gasteiger partial charge on any atom is -0.508 e. The van der Waals surface area contributed by atoms with E-state index in [1.165, 1.54) is 0 Å². The first-order chi connectivity index (χ1) is 7.83. The number of phenolic OH excluding ortho intramolecular Hbond substituents is 1. The topological polar surface area (TPSA) is 33.4 Å². The van der Waals surface area contributed by atoms with Gasteiger partial charge in [-0.1, -0.05) is 18.2 Å². The van der Waals surface area contributed by atoms with Crippen LogP contribution in [0.25, 0.3) is 22.3 Å². The van der Waals surface area contributed by atoms with Gasteiger partial charge in [0.15, 0.2) is 0 Å². The number of hydrogen-bond donors (Lipinski definition) is 1. The van der Waals surface area contributed by atoms with E-state index in [2.05, 4.69) is 6.07 Å². The average molecular weight is 209 g/mol. The lowest BCUT2D eigenvalue weighted by Crippen LogP contribution is -1.71. The Balaban J connectivity index is 2.19. The van der Waals surface area contributed by atoms with Crippen molar-refractivity contribution in [2.75, 3.05) is 0 Å². The zero-order valence-electron chi connectivity index (χ0n) is 8.47. The molecule has 3 rings (SSSR count). The van der Waals surface area contributed by atoms with E-state index in [9.17, 15) is 5.11 Å². The van der Waals surface area contributed by atoms with E-state index in [0.717, 1.165) is 22.3 Å². The second kappa shape index (κ2) is 3.42. The minimum absolute atomic E-state index is 0.240. The largest absolute Gasteiger partial charge is 0.508 e. The minimum atomic E-state index is 0.240. The Kier molecular flexibility index (Phi) is 1.93. The first-order valence-electron chi connectivity index (χ1n) is 5.02. The maximum absolute atomic E-state index is 9.40. The molecule has 0 atom stereocenters. The molecule has 2 nitrogen and oxygen atoms in total. The van der Waals surface area contributed by atoms with Crippen LogP contribution in [0.5, 0.6) is 5.75 Å². The lowest BCUT2D eigenvalue weighted by Gasteiger charge is -1.96. The second-order valence-electron chi connectivity index (χ2n) is 3.62. The summed E-state index contributed by atoms with van der Waals surface area (Å²) in [5.74, 6) is 0.995. The number of fused-ring (bicyclic) bond motifs is 1. The van der Waals surface area contributed by atoms with E-state index in [-0.39, 0.29) is 5.75 Å². The lowest BCUT2D eigenvalue weighted by molar-refractivity contribution is 0.475. The maximum atomic E-state index is 9.40. The molecule has 1 aromatic heterocycles. The Bertz CT molecular complexity index is 605. The summed E-state index contributed by atoms with van der Waals surface area (Å²) in [5.41, 5.74) is 1.70. The molecule has 0 bridgehead atoms. The van der Waals surface area contributed by atoms with E-state index in [4.69, 9.17) is 4.42 Å². The molecule has 0 amide bonds. The van der Waals surface area contributed by atoms with Crippen molar-refractivity contribution in [3.63, 3.8) is 0 Å². The maximum Gasteiger partial charge on any atom is 0.135 e. The highest BCUT2D eigenvalue weighted by Gasteiger charge is 2.05. The van der Waals surface area contributed by atoms with Crippen LogP contribution in [0.15, 0.2) is 52.9 Å². The van der Waals surface area contributed by atoms with Crippen molar-refractivity contribution >= 4 is 11.0 Å². The van der Waals surface area contributed by atoms with E-state index in [0.29, 0.717) is 0 Å². The van der Waals surface area contributed by atoms with Gasteiger partial charge < -0.3 is 9.52 Å². The van der Waals surface area contributed by atoms with Crippen molar-refractivity contribution < 1.29 is 9.52 Å². The SMILES string of the molecule is Oc1cccc(-c2cc3c[c]ccc3o2)c1. The van der Waals surface area contributed by atoms with Crippen LogP contribution in [-0.2, 0) is 0 Å². The summed E-state index contributed by atoms with van der Waals surface area (Å²) in [6.07, 6.45) is 0.